The van der Waals surface area contributed by atoms with E-state index in [9.17, 15) is 0 Å². The van der Waals surface area contributed by atoms with Gasteiger partial charge in [0.25, 0.3) is 0 Å². The summed E-state index contributed by atoms with van der Waals surface area (Å²) < 4.78 is 5.92. The quantitative estimate of drug-likeness (QED) is 0.790. The first-order chi connectivity index (χ1) is 6.70. The zero-order valence-electron chi connectivity index (χ0n) is 7.42. The Morgan fingerprint density at radius 3 is 2.86 bits per heavy atom. The lowest BCUT2D eigenvalue weighted by Crippen LogP contribution is -1.89. The molecule has 0 atom stereocenters. The van der Waals surface area contributed by atoms with Gasteiger partial charge in [-0.05, 0) is 40.2 Å². The van der Waals surface area contributed by atoms with Gasteiger partial charge in [0.2, 0.25) is 5.88 Å². The van der Waals surface area contributed by atoms with Gasteiger partial charge >= 0.3 is 0 Å². The van der Waals surface area contributed by atoms with Gasteiger partial charge in [0.05, 0.1) is 17.1 Å². The Labute approximate surface area is 95.0 Å². The van der Waals surface area contributed by atoms with Crippen molar-refractivity contribution in [1.29, 1.82) is 0 Å². The number of aromatic nitrogens is 1. The molecule has 0 bridgehead atoms. The summed E-state index contributed by atoms with van der Waals surface area (Å²) in [5, 5.41) is 1.70. The van der Waals surface area contributed by atoms with Gasteiger partial charge in [-0.3, -0.25) is 0 Å². The molecule has 0 N–H and O–H groups in total. The standard InChI is InChI=1S/C10H7BrClNO/c1-14-10-8(11)5-6-4-7(12)2-3-9(6)13-10/h2-5H,1H3. The zero-order chi connectivity index (χ0) is 10.1. The van der Waals surface area contributed by atoms with Crippen LogP contribution in [0.2, 0.25) is 5.02 Å². The summed E-state index contributed by atoms with van der Waals surface area (Å²) in [6.45, 7) is 0. The average Bonchev–Trinajstić information content (AvgIpc) is 2.16. The van der Waals surface area contributed by atoms with Crippen LogP contribution in [0.5, 0.6) is 5.88 Å². The fourth-order valence-corrected chi connectivity index (χ4v) is 1.92. The fourth-order valence-electron chi connectivity index (χ4n) is 1.25. The number of rotatable bonds is 1. The van der Waals surface area contributed by atoms with Crippen molar-refractivity contribution in [3.05, 3.63) is 33.8 Å². The first-order valence-electron chi connectivity index (χ1n) is 4.00. The molecule has 1 heterocycles. The molecule has 72 valence electrons. The maximum atomic E-state index is 5.87. The maximum Gasteiger partial charge on any atom is 0.228 e. The molecule has 1 aromatic heterocycles. The Hall–Kier alpha value is -0.800. The highest BCUT2D eigenvalue weighted by Crippen LogP contribution is 2.28. The predicted octanol–water partition coefficient (Wildman–Crippen LogP) is 3.66. The number of hydrogen-bond acceptors (Lipinski definition) is 2. The smallest absolute Gasteiger partial charge is 0.228 e. The minimum Gasteiger partial charge on any atom is -0.480 e. The Balaban J connectivity index is 2.73. The van der Waals surface area contributed by atoms with Crippen molar-refractivity contribution >= 4 is 38.4 Å². The van der Waals surface area contributed by atoms with Crippen LogP contribution in [0.25, 0.3) is 10.9 Å². The van der Waals surface area contributed by atoms with Crippen LogP contribution in [0.15, 0.2) is 28.7 Å². The summed E-state index contributed by atoms with van der Waals surface area (Å²) in [5.41, 5.74) is 0.870. The van der Waals surface area contributed by atoms with Gasteiger partial charge in [-0.2, -0.15) is 0 Å². The maximum absolute atomic E-state index is 5.87. The molecule has 0 aliphatic carbocycles. The average molecular weight is 273 g/mol. The van der Waals surface area contributed by atoms with Crippen molar-refractivity contribution < 1.29 is 4.74 Å². The second kappa shape index (κ2) is 3.75. The third-order valence-corrected chi connectivity index (χ3v) is 2.69. The van der Waals surface area contributed by atoms with Crippen LogP contribution in [0.3, 0.4) is 0 Å². The number of ether oxygens (including phenoxy) is 1. The molecular weight excluding hydrogens is 265 g/mol. The molecule has 2 nitrogen and oxygen atoms in total. The Morgan fingerprint density at radius 1 is 1.36 bits per heavy atom. The largest absolute Gasteiger partial charge is 0.480 e. The van der Waals surface area contributed by atoms with Crippen LogP contribution >= 0.6 is 27.5 Å². The van der Waals surface area contributed by atoms with Crippen LogP contribution in [-0.4, -0.2) is 12.1 Å². The second-order valence-electron chi connectivity index (χ2n) is 2.82. The molecule has 2 aromatic rings. The van der Waals surface area contributed by atoms with Gasteiger partial charge in [0, 0.05) is 10.4 Å². The molecule has 0 saturated carbocycles. The molecular formula is C10H7BrClNO. The van der Waals surface area contributed by atoms with Crippen LogP contribution in [0.1, 0.15) is 0 Å². The van der Waals surface area contributed by atoms with E-state index in [1.807, 2.05) is 24.3 Å². The number of methoxy groups -OCH3 is 1. The van der Waals surface area contributed by atoms with E-state index in [1.54, 1.807) is 7.11 Å². The van der Waals surface area contributed by atoms with E-state index >= 15 is 0 Å². The Bertz CT molecular complexity index is 487. The molecule has 0 amide bonds. The van der Waals surface area contributed by atoms with Gasteiger partial charge in [0.15, 0.2) is 0 Å². The molecule has 14 heavy (non-hydrogen) atoms. The summed E-state index contributed by atoms with van der Waals surface area (Å²) in [6.07, 6.45) is 0. The SMILES string of the molecule is COc1nc2ccc(Cl)cc2cc1Br. The molecule has 2 rings (SSSR count). The van der Waals surface area contributed by atoms with Crippen LogP contribution in [0, 0.1) is 0 Å². The number of fused-ring (bicyclic) bond motifs is 1. The topological polar surface area (TPSA) is 22.1 Å². The normalized spacial score (nSPS) is 10.5. The van der Waals surface area contributed by atoms with E-state index in [4.69, 9.17) is 16.3 Å². The Morgan fingerprint density at radius 2 is 2.14 bits per heavy atom. The minimum atomic E-state index is 0.583. The van der Waals surface area contributed by atoms with Crippen LogP contribution in [0.4, 0.5) is 0 Å². The first kappa shape index (κ1) is 9.74. The van der Waals surface area contributed by atoms with E-state index in [0.717, 1.165) is 15.4 Å². The number of pyridine rings is 1. The number of benzene rings is 1. The Kier molecular flexibility index (Phi) is 2.61. The number of nitrogens with zero attached hydrogens (tertiary/aromatic N) is 1. The summed E-state index contributed by atoms with van der Waals surface area (Å²) in [5.74, 6) is 0.583. The summed E-state index contributed by atoms with van der Waals surface area (Å²) in [4.78, 5) is 4.31. The van der Waals surface area contributed by atoms with Gasteiger partial charge in [-0.15, -0.1) is 0 Å². The molecule has 1 aromatic carbocycles. The van der Waals surface area contributed by atoms with Crippen molar-refractivity contribution in [2.75, 3.05) is 7.11 Å². The van der Waals surface area contributed by atoms with Crippen molar-refractivity contribution in [1.82, 2.24) is 4.98 Å². The molecule has 0 spiro atoms. The van der Waals surface area contributed by atoms with Crippen molar-refractivity contribution in [2.24, 2.45) is 0 Å². The van der Waals surface area contributed by atoms with E-state index in [-0.39, 0.29) is 0 Å². The highest BCUT2D eigenvalue weighted by Gasteiger charge is 2.04. The van der Waals surface area contributed by atoms with Gasteiger partial charge < -0.3 is 4.74 Å². The third-order valence-electron chi connectivity index (χ3n) is 1.89. The molecule has 0 saturated heterocycles. The van der Waals surface area contributed by atoms with E-state index in [1.165, 1.54) is 0 Å². The van der Waals surface area contributed by atoms with Crippen LogP contribution in [-0.2, 0) is 0 Å². The van der Waals surface area contributed by atoms with Gasteiger partial charge in [-0.25, -0.2) is 4.98 Å². The van der Waals surface area contributed by atoms with Crippen LogP contribution < -0.4 is 4.74 Å². The first-order valence-corrected chi connectivity index (χ1v) is 5.17. The summed E-state index contributed by atoms with van der Waals surface area (Å²) in [7, 11) is 1.59. The molecule has 0 aliphatic heterocycles. The minimum absolute atomic E-state index is 0.583. The number of halogens is 2. The lowest BCUT2D eigenvalue weighted by Gasteiger charge is -2.04. The van der Waals surface area contributed by atoms with E-state index in [2.05, 4.69) is 20.9 Å². The lowest BCUT2D eigenvalue weighted by molar-refractivity contribution is 0.397. The summed E-state index contributed by atoms with van der Waals surface area (Å²) >= 11 is 9.24. The highest BCUT2D eigenvalue weighted by atomic mass is 79.9. The van der Waals surface area contributed by atoms with Crippen molar-refractivity contribution in [3.8, 4) is 5.88 Å². The summed E-state index contributed by atoms with van der Waals surface area (Å²) in [6, 6.07) is 7.48. The van der Waals surface area contributed by atoms with E-state index < -0.39 is 0 Å². The van der Waals surface area contributed by atoms with E-state index in [0.29, 0.717) is 10.9 Å². The molecule has 0 fully saturated rings. The van der Waals surface area contributed by atoms with Crippen molar-refractivity contribution in [2.45, 2.75) is 0 Å². The molecule has 0 radical (unpaired) electrons. The zero-order valence-corrected chi connectivity index (χ0v) is 9.76. The predicted molar refractivity (Wildman–Crippen MR) is 61.0 cm³/mol. The number of hydrogen-bond donors (Lipinski definition) is 0. The monoisotopic (exact) mass is 271 g/mol. The van der Waals surface area contributed by atoms with Crippen molar-refractivity contribution in [3.63, 3.8) is 0 Å². The van der Waals surface area contributed by atoms with Gasteiger partial charge in [0.1, 0.15) is 0 Å². The third kappa shape index (κ3) is 1.70. The molecule has 0 unspecified atom stereocenters. The molecule has 4 heteroatoms. The highest BCUT2D eigenvalue weighted by molar-refractivity contribution is 9.10. The second-order valence-corrected chi connectivity index (χ2v) is 4.11. The molecule has 0 aliphatic rings. The lowest BCUT2D eigenvalue weighted by atomic mass is 10.2. The van der Waals surface area contributed by atoms with Gasteiger partial charge in [-0.1, -0.05) is 11.6 Å². The fraction of sp³-hybridized carbons (Fsp3) is 0.100.